The summed E-state index contributed by atoms with van der Waals surface area (Å²) in [6, 6.07) is 0.615. The standard InChI is InChI=1S/C15H23N7/c1-2-10-7-20-21-12(10)11-3-5-22(6-4-11)15-13-14(17-8-16-13)18-9-19-15/h8-12,20-21H,2-7H2,1H3,(H,16,17,18,19). The number of aromatic amines is 1. The fourth-order valence-electron chi connectivity index (χ4n) is 3.92. The van der Waals surface area contributed by atoms with Crippen LogP contribution in [0, 0.1) is 11.8 Å². The minimum absolute atomic E-state index is 0.615. The second kappa shape index (κ2) is 5.81. The summed E-state index contributed by atoms with van der Waals surface area (Å²) in [5.41, 5.74) is 8.54. The lowest BCUT2D eigenvalue weighted by atomic mass is 9.82. The van der Waals surface area contributed by atoms with Crippen molar-refractivity contribution in [1.82, 2.24) is 30.8 Å². The molecule has 22 heavy (non-hydrogen) atoms. The molecular weight excluding hydrogens is 278 g/mol. The molecule has 2 aliphatic rings. The maximum atomic E-state index is 4.47. The molecule has 0 aromatic carbocycles. The molecular formula is C15H23N7. The number of piperidine rings is 1. The lowest BCUT2D eigenvalue weighted by Crippen LogP contribution is -2.44. The minimum atomic E-state index is 0.615. The van der Waals surface area contributed by atoms with Gasteiger partial charge in [-0.3, -0.25) is 10.9 Å². The number of H-pyrrole nitrogens is 1. The van der Waals surface area contributed by atoms with E-state index in [-0.39, 0.29) is 0 Å². The topological polar surface area (TPSA) is 81.8 Å². The van der Waals surface area contributed by atoms with E-state index in [9.17, 15) is 0 Å². The molecule has 0 amide bonds. The van der Waals surface area contributed by atoms with Gasteiger partial charge in [-0.2, -0.15) is 0 Å². The predicted molar refractivity (Wildman–Crippen MR) is 85.3 cm³/mol. The summed E-state index contributed by atoms with van der Waals surface area (Å²) >= 11 is 0. The van der Waals surface area contributed by atoms with Crippen molar-refractivity contribution in [3.05, 3.63) is 12.7 Å². The number of hydrazine groups is 1. The Hall–Kier alpha value is -1.73. The van der Waals surface area contributed by atoms with Crippen LogP contribution in [0.25, 0.3) is 11.2 Å². The van der Waals surface area contributed by atoms with E-state index in [2.05, 4.69) is 42.6 Å². The summed E-state index contributed by atoms with van der Waals surface area (Å²) in [4.78, 5) is 18.4. The van der Waals surface area contributed by atoms with Gasteiger partial charge in [0.05, 0.1) is 6.33 Å². The van der Waals surface area contributed by atoms with Crippen LogP contribution >= 0.6 is 0 Å². The van der Waals surface area contributed by atoms with E-state index in [1.54, 1.807) is 12.7 Å². The largest absolute Gasteiger partial charge is 0.355 e. The molecule has 2 saturated heterocycles. The average molecular weight is 301 g/mol. The van der Waals surface area contributed by atoms with Gasteiger partial charge in [0.2, 0.25) is 0 Å². The van der Waals surface area contributed by atoms with Gasteiger partial charge in [0.25, 0.3) is 0 Å². The van der Waals surface area contributed by atoms with Crippen LogP contribution in [0.3, 0.4) is 0 Å². The van der Waals surface area contributed by atoms with Crippen molar-refractivity contribution >= 4 is 17.0 Å². The van der Waals surface area contributed by atoms with Crippen LogP contribution in [0.15, 0.2) is 12.7 Å². The average Bonchev–Trinajstić information content (AvgIpc) is 3.23. The van der Waals surface area contributed by atoms with Gasteiger partial charge in [-0.15, -0.1) is 0 Å². The van der Waals surface area contributed by atoms with Gasteiger partial charge in [-0.25, -0.2) is 15.0 Å². The highest BCUT2D eigenvalue weighted by molar-refractivity contribution is 5.82. The first-order valence-electron chi connectivity index (χ1n) is 8.24. The summed E-state index contributed by atoms with van der Waals surface area (Å²) in [6.07, 6.45) is 6.95. The number of imidazole rings is 1. The Morgan fingerprint density at radius 3 is 2.91 bits per heavy atom. The zero-order valence-electron chi connectivity index (χ0n) is 12.9. The van der Waals surface area contributed by atoms with Crippen LogP contribution in [0.5, 0.6) is 0 Å². The minimum Gasteiger partial charge on any atom is -0.355 e. The Morgan fingerprint density at radius 1 is 1.23 bits per heavy atom. The van der Waals surface area contributed by atoms with Crippen molar-refractivity contribution in [2.75, 3.05) is 24.5 Å². The van der Waals surface area contributed by atoms with E-state index < -0.39 is 0 Å². The number of rotatable bonds is 3. The molecule has 2 aromatic heterocycles. The quantitative estimate of drug-likeness (QED) is 0.787. The van der Waals surface area contributed by atoms with Crippen molar-refractivity contribution in [3.63, 3.8) is 0 Å². The first kappa shape index (κ1) is 13.9. The maximum Gasteiger partial charge on any atom is 0.182 e. The summed E-state index contributed by atoms with van der Waals surface area (Å²) in [7, 11) is 0. The molecule has 4 heterocycles. The molecule has 2 unspecified atom stereocenters. The number of nitrogens with zero attached hydrogens (tertiary/aromatic N) is 4. The Labute approximate surface area is 129 Å². The molecule has 7 nitrogen and oxygen atoms in total. The first-order chi connectivity index (χ1) is 10.9. The van der Waals surface area contributed by atoms with Crippen molar-refractivity contribution in [1.29, 1.82) is 0 Å². The zero-order chi connectivity index (χ0) is 14.9. The number of fused-ring (bicyclic) bond motifs is 1. The van der Waals surface area contributed by atoms with Crippen molar-refractivity contribution in [2.24, 2.45) is 11.8 Å². The van der Waals surface area contributed by atoms with Gasteiger partial charge in [-0.05, 0) is 24.7 Å². The summed E-state index contributed by atoms with van der Waals surface area (Å²) < 4.78 is 0. The second-order valence-electron chi connectivity index (χ2n) is 6.34. The van der Waals surface area contributed by atoms with Gasteiger partial charge in [0.15, 0.2) is 11.5 Å². The fourth-order valence-corrected chi connectivity index (χ4v) is 3.92. The van der Waals surface area contributed by atoms with Gasteiger partial charge in [-0.1, -0.05) is 13.3 Å². The summed E-state index contributed by atoms with van der Waals surface area (Å²) in [5, 5.41) is 0. The number of hydrogen-bond acceptors (Lipinski definition) is 6. The van der Waals surface area contributed by atoms with E-state index in [1.807, 2.05) is 0 Å². The van der Waals surface area contributed by atoms with Crippen molar-refractivity contribution in [2.45, 2.75) is 32.2 Å². The number of anilines is 1. The van der Waals surface area contributed by atoms with E-state index >= 15 is 0 Å². The third-order valence-corrected chi connectivity index (χ3v) is 5.22. The number of aromatic nitrogens is 4. The van der Waals surface area contributed by atoms with E-state index in [1.165, 1.54) is 19.3 Å². The highest BCUT2D eigenvalue weighted by Gasteiger charge is 2.34. The van der Waals surface area contributed by atoms with E-state index in [4.69, 9.17) is 0 Å². The van der Waals surface area contributed by atoms with Crippen LogP contribution in [-0.2, 0) is 0 Å². The highest BCUT2D eigenvalue weighted by Crippen LogP contribution is 2.30. The Bertz CT molecular complexity index is 632. The monoisotopic (exact) mass is 301 g/mol. The normalized spacial score (nSPS) is 26.9. The zero-order valence-corrected chi connectivity index (χ0v) is 12.9. The van der Waals surface area contributed by atoms with Gasteiger partial charge >= 0.3 is 0 Å². The van der Waals surface area contributed by atoms with E-state index in [0.717, 1.165) is 48.5 Å². The molecule has 0 radical (unpaired) electrons. The van der Waals surface area contributed by atoms with Gasteiger partial charge in [0, 0.05) is 25.7 Å². The van der Waals surface area contributed by atoms with Crippen LogP contribution in [0.1, 0.15) is 26.2 Å². The molecule has 2 fully saturated rings. The highest BCUT2D eigenvalue weighted by atomic mass is 15.4. The first-order valence-corrected chi connectivity index (χ1v) is 8.24. The van der Waals surface area contributed by atoms with Crippen LogP contribution in [0.2, 0.25) is 0 Å². The third kappa shape index (κ3) is 2.34. The molecule has 7 heteroatoms. The SMILES string of the molecule is CCC1CNNC1C1CCN(c2ncnc3nc[nH]c23)CC1. The molecule has 0 bridgehead atoms. The molecule has 2 aromatic rings. The smallest absolute Gasteiger partial charge is 0.182 e. The van der Waals surface area contributed by atoms with Crippen LogP contribution < -0.4 is 15.8 Å². The van der Waals surface area contributed by atoms with E-state index in [0.29, 0.717) is 6.04 Å². The molecule has 4 rings (SSSR count). The number of hydrogen-bond donors (Lipinski definition) is 3. The Morgan fingerprint density at radius 2 is 2.09 bits per heavy atom. The Kier molecular flexibility index (Phi) is 3.67. The lowest BCUT2D eigenvalue weighted by Gasteiger charge is -2.36. The van der Waals surface area contributed by atoms with Gasteiger partial charge < -0.3 is 9.88 Å². The summed E-state index contributed by atoms with van der Waals surface area (Å²) in [6.45, 7) is 5.48. The lowest BCUT2D eigenvalue weighted by molar-refractivity contribution is 0.265. The third-order valence-electron chi connectivity index (χ3n) is 5.22. The van der Waals surface area contributed by atoms with Crippen LogP contribution in [-0.4, -0.2) is 45.6 Å². The molecule has 0 saturated carbocycles. The molecule has 3 N–H and O–H groups in total. The van der Waals surface area contributed by atoms with Crippen molar-refractivity contribution < 1.29 is 0 Å². The van der Waals surface area contributed by atoms with Crippen molar-refractivity contribution in [3.8, 4) is 0 Å². The molecule has 0 aliphatic carbocycles. The Balaban J connectivity index is 1.47. The summed E-state index contributed by atoms with van der Waals surface area (Å²) in [5.74, 6) is 2.50. The second-order valence-corrected chi connectivity index (χ2v) is 6.34. The molecule has 2 atom stereocenters. The fraction of sp³-hybridized carbons (Fsp3) is 0.667. The molecule has 118 valence electrons. The predicted octanol–water partition coefficient (Wildman–Crippen LogP) is 1.07. The molecule has 0 spiro atoms. The molecule has 2 aliphatic heterocycles. The van der Waals surface area contributed by atoms with Crippen LogP contribution in [0.4, 0.5) is 5.82 Å². The van der Waals surface area contributed by atoms with Gasteiger partial charge in [0.1, 0.15) is 11.8 Å². The number of nitrogens with one attached hydrogen (secondary N) is 3. The maximum absolute atomic E-state index is 4.47.